The maximum absolute atomic E-state index is 11.7. The van der Waals surface area contributed by atoms with Crippen LogP contribution in [0.2, 0.25) is 0 Å². The first-order chi connectivity index (χ1) is 7.34. The van der Waals surface area contributed by atoms with Crippen LogP contribution in [-0.2, 0) is 11.2 Å². The number of carbonyl (C=O) groups is 1. The monoisotopic (exact) mass is 224 g/mol. The Bertz CT molecular complexity index is 304. The molecule has 2 rings (SSSR count). The maximum atomic E-state index is 11.7. The Balaban J connectivity index is 1.76. The molecule has 1 atom stereocenters. The Labute approximate surface area is 93.9 Å². The second-order valence-corrected chi connectivity index (χ2v) is 5.07. The molecule has 1 N–H and O–H groups in total. The van der Waals surface area contributed by atoms with E-state index in [0.717, 1.165) is 24.4 Å². The highest BCUT2D eigenvalue weighted by atomic mass is 32.1. The molecule has 2 heterocycles. The van der Waals surface area contributed by atoms with Crippen LogP contribution in [-0.4, -0.2) is 23.9 Å². The van der Waals surface area contributed by atoms with Crippen molar-refractivity contribution in [3.05, 3.63) is 16.6 Å². The number of carbonyl (C=O) groups excluding carboxylic acids is 1. The van der Waals surface area contributed by atoms with E-state index in [1.165, 1.54) is 12.8 Å². The van der Waals surface area contributed by atoms with E-state index in [0.29, 0.717) is 18.1 Å². The van der Waals surface area contributed by atoms with Crippen molar-refractivity contribution >= 4 is 17.1 Å². The maximum Gasteiger partial charge on any atom is 0.138 e. The number of rotatable bonds is 4. The fourth-order valence-electron chi connectivity index (χ4n) is 2.02. The van der Waals surface area contributed by atoms with E-state index in [4.69, 9.17) is 0 Å². The fourth-order valence-corrected chi connectivity index (χ4v) is 2.64. The van der Waals surface area contributed by atoms with Gasteiger partial charge in [-0.3, -0.25) is 9.78 Å². The van der Waals surface area contributed by atoms with Crippen molar-refractivity contribution < 1.29 is 4.79 Å². The second-order valence-electron chi connectivity index (χ2n) is 4.10. The number of hydrogen-bond donors (Lipinski definition) is 1. The van der Waals surface area contributed by atoms with Crippen LogP contribution >= 0.6 is 11.3 Å². The molecule has 1 unspecified atom stereocenters. The summed E-state index contributed by atoms with van der Waals surface area (Å²) in [5, 5.41) is 3.34. The van der Waals surface area contributed by atoms with E-state index in [9.17, 15) is 4.79 Å². The first-order valence-electron chi connectivity index (χ1n) is 5.44. The Kier molecular flexibility index (Phi) is 3.86. The van der Waals surface area contributed by atoms with E-state index in [-0.39, 0.29) is 0 Å². The van der Waals surface area contributed by atoms with Crippen LogP contribution in [0.4, 0.5) is 0 Å². The predicted octanol–water partition coefficient (Wildman–Crippen LogP) is 1.64. The number of thiazole rings is 1. The summed E-state index contributed by atoms with van der Waals surface area (Å²) in [6, 6.07) is 0. The van der Waals surface area contributed by atoms with Crippen LogP contribution < -0.4 is 5.32 Å². The van der Waals surface area contributed by atoms with Gasteiger partial charge in [-0.1, -0.05) is 0 Å². The summed E-state index contributed by atoms with van der Waals surface area (Å²) in [4.78, 5) is 16.8. The molecule has 0 radical (unpaired) electrons. The van der Waals surface area contributed by atoms with E-state index in [2.05, 4.69) is 10.3 Å². The van der Waals surface area contributed by atoms with Gasteiger partial charge in [0.1, 0.15) is 5.78 Å². The van der Waals surface area contributed by atoms with E-state index in [1.807, 2.05) is 0 Å². The smallest absolute Gasteiger partial charge is 0.138 e. The van der Waals surface area contributed by atoms with Crippen LogP contribution in [0.15, 0.2) is 11.7 Å². The molecule has 82 valence electrons. The number of hydrogen-bond acceptors (Lipinski definition) is 4. The highest BCUT2D eigenvalue weighted by Gasteiger charge is 2.16. The fraction of sp³-hybridized carbons (Fsp3) is 0.636. The van der Waals surface area contributed by atoms with Crippen molar-refractivity contribution in [3.8, 4) is 0 Å². The van der Waals surface area contributed by atoms with E-state index >= 15 is 0 Å². The van der Waals surface area contributed by atoms with Gasteiger partial charge in [-0.15, -0.1) is 11.3 Å². The van der Waals surface area contributed by atoms with Gasteiger partial charge in [-0.05, 0) is 31.8 Å². The Morgan fingerprint density at radius 3 is 3.27 bits per heavy atom. The number of Topliss-reactive ketones (excluding diaryl/α,β-unsaturated/α-hetero) is 1. The molecule has 15 heavy (non-hydrogen) atoms. The van der Waals surface area contributed by atoms with Gasteiger partial charge in [0.2, 0.25) is 0 Å². The molecular weight excluding hydrogens is 208 g/mol. The summed E-state index contributed by atoms with van der Waals surface area (Å²) in [5.41, 5.74) is 1.78. The lowest BCUT2D eigenvalue weighted by molar-refractivity contribution is -0.119. The molecule has 3 nitrogen and oxygen atoms in total. The summed E-state index contributed by atoms with van der Waals surface area (Å²) in [6.07, 6.45) is 5.49. The SMILES string of the molecule is O=C(Cc1cncs1)CC1CCCNC1. The standard InChI is InChI=1S/C11H16N2OS/c14-10(5-11-7-13-8-15-11)4-9-2-1-3-12-6-9/h7-9,12H,1-6H2. The zero-order valence-electron chi connectivity index (χ0n) is 8.74. The lowest BCUT2D eigenvalue weighted by Crippen LogP contribution is -2.31. The highest BCUT2D eigenvalue weighted by molar-refractivity contribution is 7.09. The molecule has 1 saturated heterocycles. The minimum absolute atomic E-state index is 0.355. The Morgan fingerprint density at radius 1 is 1.67 bits per heavy atom. The van der Waals surface area contributed by atoms with Gasteiger partial charge < -0.3 is 5.32 Å². The summed E-state index contributed by atoms with van der Waals surface area (Å²) in [7, 11) is 0. The number of ketones is 1. The molecule has 0 aromatic carbocycles. The van der Waals surface area contributed by atoms with Gasteiger partial charge in [0.15, 0.2) is 0 Å². The van der Waals surface area contributed by atoms with Crippen LogP contribution in [0.5, 0.6) is 0 Å². The summed E-state index contributed by atoms with van der Waals surface area (Å²) < 4.78 is 0. The Morgan fingerprint density at radius 2 is 2.60 bits per heavy atom. The van der Waals surface area contributed by atoms with Crippen LogP contribution in [0.3, 0.4) is 0 Å². The molecule has 1 aromatic heterocycles. The highest BCUT2D eigenvalue weighted by Crippen LogP contribution is 2.16. The van der Waals surface area contributed by atoms with Gasteiger partial charge in [0, 0.05) is 23.9 Å². The van der Waals surface area contributed by atoms with Gasteiger partial charge >= 0.3 is 0 Å². The molecule has 1 fully saturated rings. The molecule has 1 aliphatic rings. The van der Waals surface area contributed by atoms with Gasteiger partial charge in [-0.25, -0.2) is 0 Å². The van der Waals surface area contributed by atoms with Crippen molar-refractivity contribution in [1.29, 1.82) is 0 Å². The van der Waals surface area contributed by atoms with Crippen molar-refractivity contribution in [1.82, 2.24) is 10.3 Å². The minimum atomic E-state index is 0.355. The Hall–Kier alpha value is -0.740. The lowest BCUT2D eigenvalue weighted by Gasteiger charge is -2.21. The first-order valence-corrected chi connectivity index (χ1v) is 6.32. The third kappa shape index (κ3) is 3.39. The van der Waals surface area contributed by atoms with Crippen molar-refractivity contribution in [2.75, 3.05) is 13.1 Å². The van der Waals surface area contributed by atoms with Crippen LogP contribution in [0.25, 0.3) is 0 Å². The molecule has 0 saturated carbocycles. The second kappa shape index (κ2) is 5.37. The summed E-state index contributed by atoms with van der Waals surface area (Å²) in [6.45, 7) is 2.12. The average Bonchev–Trinajstić information content (AvgIpc) is 2.71. The van der Waals surface area contributed by atoms with Crippen LogP contribution in [0.1, 0.15) is 24.1 Å². The third-order valence-corrected chi connectivity index (χ3v) is 3.55. The zero-order valence-corrected chi connectivity index (χ0v) is 9.55. The van der Waals surface area contributed by atoms with E-state index < -0.39 is 0 Å². The molecule has 0 bridgehead atoms. The first kappa shape index (κ1) is 10.8. The lowest BCUT2D eigenvalue weighted by atomic mass is 9.93. The quantitative estimate of drug-likeness (QED) is 0.845. The summed E-state index contributed by atoms with van der Waals surface area (Å²) >= 11 is 1.57. The summed E-state index contributed by atoms with van der Waals surface area (Å²) in [5.74, 6) is 0.909. The topological polar surface area (TPSA) is 42.0 Å². The normalized spacial score (nSPS) is 21.5. The molecule has 0 spiro atoms. The third-order valence-electron chi connectivity index (χ3n) is 2.77. The molecular formula is C11H16N2OS. The molecule has 0 aliphatic carbocycles. The average molecular weight is 224 g/mol. The van der Waals surface area contributed by atoms with Gasteiger partial charge in [0.05, 0.1) is 5.51 Å². The van der Waals surface area contributed by atoms with Crippen molar-refractivity contribution in [2.45, 2.75) is 25.7 Å². The van der Waals surface area contributed by atoms with Gasteiger partial charge in [0.25, 0.3) is 0 Å². The number of aromatic nitrogens is 1. The molecule has 4 heteroatoms. The number of nitrogens with one attached hydrogen (secondary N) is 1. The number of piperidine rings is 1. The van der Waals surface area contributed by atoms with Crippen molar-refractivity contribution in [2.24, 2.45) is 5.92 Å². The van der Waals surface area contributed by atoms with Crippen LogP contribution in [0, 0.1) is 5.92 Å². The predicted molar refractivity (Wildman–Crippen MR) is 61.0 cm³/mol. The molecule has 1 aliphatic heterocycles. The number of nitrogens with zero attached hydrogens (tertiary/aromatic N) is 1. The largest absolute Gasteiger partial charge is 0.316 e. The zero-order chi connectivity index (χ0) is 10.5. The minimum Gasteiger partial charge on any atom is -0.316 e. The molecule has 1 aromatic rings. The van der Waals surface area contributed by atoms with Gasteiger partial charge in [-0.2, -0.15) is 0 Å². The van der Waals surface area contributed by atoms with E-state index in [1.54, 1.807) is 23.0 Å². The van der Waals surface area contributed by atoms with Crippen molar-refractivity contribution in [3.63, 3.8) is 0 Å². The molecule has 0 amide bonds.